The summed E-state index contributed by atoms with van der Waals surface area (Å²) >= 11 is 0. The first-order valence-electron chi connectivity index (χ1n) is 9.37. The van der Waals surface area contributed by atoms with Crippen molar-refractivity contribution in [2.45, 2.75) is 32.2 Å². The lowest BCUT2D eigenvalue weighted by molar-refractivity contribution is -0.126. The van der Waals surface area contributed by atoms with Crippen LogP contribution in [0.1, 0.15) is 26.2 Å². The molecule has 1 aliphatic heterocycles. The molecule has 0 aromatic heterocycles. The molecule has 2 aliphatic rings. The Morgan fingerprint density at radius 1 is 1.14 bits per heavy atom. The van der Waals surface area contributed by atoms with E-state index >= 15 is 0 Å². The van der Waals surface area contributed by atoms with E-state index in [0.29, 0.717) is 45.0 Å². The second kappa shape index (κ2) is 8.53. The van der Waals surface area contributed by atoms with E-state index in [1.54, 1.807) is 11.8 Å². The van der Waals surface area contributed by atoms with Crippen LogP contribution >= 0.6 is 0 Å². The molecule has 9 heteroatoms. The number of hydrogen-bond donors (Lipinski definition) is 2. The summed E-state index contributed by atoms with van der Waals surface area (Å²) in [4.78, 5) is 37.8. The van der Waals surface area contributed by atoms with E-state index in [-0.39, 0.29) is 23.7 Å². The fourth-order valence-electron chi connectivity index (χ4n) is 3.32. The monoisotopic (exact) mass is 395 g/mol. The molecule has 1 saturated heterocycles. The van der Waals surface area contributed by atoms with Crippen LogP contribution in [0.4, 0.5) is 19.3 Å². The molecule has 1 heterocycles. The summed E-state index contributed by atoms with van der Waals surface area (Å²) in [6.07, 6.45) is 1.28. The van der Waals surface area contributed by atoms with E-state index in [4.69, 9.17) is 4.74 Å². The van der Waals surface area contributed by atoms with Crippen LogP contribution in [-0.4, -0.2) is 48.5 Å². The average molecular weight is 395 g/mol. The molecular weight excluding hydrogens is 372 g/mol. The minimum absolute atomic E-state index is 0.0583. The highest BCUT2D eigenvalue weighted by atomic mass is 19.1. The Bertz CT molecular complexity index is 766. The lowest BCUT2D eigenvalue weighted by atomic mass is 10.1. The number of benzene rings is 1. The van der Waals surface area contributed by atoms with E-state index in [2.05, 4.69) is 10.6 Å². The van der Waals surface area contributed by atoms with Crippen LogP contribution in [0.2, 0.25) is 0 Å². The summed E-state index contributed by atoms with van der Waals surface area (Å²) in [7, 11) is 0. The van der Waals surface area contributed by atoms with E-state index in [9.17, 15) is 23.2 Å². The van der Waals surface area contributed by atoms with Gasteiger partial charge in [0.1, 0.15) is 11.6 Å². The minimum atomic E-state index is -0.858. The number of carbonyl (C=O) groups is 3. The van der Waals surface area contributed by atoms with Crippen molar-refractivity contribution in [3.8, 4) is 0 Å². The molecule has 0 spiro atoms. The summed E-state index contributed by atoms with van der Waals surface area (Å²) in [5.41, 5.74) is -0.108. The number of nitrogens with zero attached hydrogens (tertiary/aromatic N) is 1. The van der Waals surface area contributed by atoms with Crippen LogP contribution in [-0.2, 0) is 14.3 Å². The lowest BCUT2D eigenvalue weighted by Crippen LogP contribution is -2.47. The maximum atomic E-state index is 13.6. The Kier molecular flexibility index (Phi) is 6.11. The van der Waals surface area contributed by atoms with Crippen molar-refractivity contribution >= 4 is 23.6 Å². The number of carbonyl (C=O) groups excluding carboxylic acids is 3. The fourth-order valence-corrected chi connectivity index (χ4v) is 3.32. The van der Waals surface area contributed by atoms with Gasteiger partial charge in [-0.05, 0) is 38.3 Å². The number of nitrogens with one attached hydrogen (secondary N) is 2. The second-order valence-electron chi connectivity index (χ2n) is 7.03. The molecule has 2 fully saturated rings. The zero-order chi connectivity index (χ0) is 20.3. The van der Waals surface area contributed by atoms with E-state index < -0.39 is 29.4 Å². The number of halogens is 2. The van der Waals surface area contributed by atoms with Crippen LogP contribution in [0.25, 0.3) is 0 Å². The number of rotatable bonds is 5. The summed E-state index contributed by atoms with van der Waals surface area (Å²) in [6, 6.07) is 2.84. The molecule has 2 N–H and O–H groups in total. The number of piperidine rings is 1. The summed E-state index contributed by atoms with van der Waals surface area (Å²) in [5, 5.41) is 5.32. The van der Waals surface area contributed by atoms with E-state index in [1.807, 2.05) is 0 Å². The van der Waals surface area contributed by atoms with Crippen LogP contribution in [0.15, 0.2) is 18.2 Å². The number of anilines is 1. The van der Waals surface area contributed by atoms with Crippen molar-refractivity contribution < 1.29 is 27.9 Å². The van der Waals surface area contributed by atoms with Gasteiger partial charge in [-0.25, -0.2) is 13.6 Å². The normalized spacial score (nSPS) is 21.8. The third kappa shape index (κ3) is 4.76. The molecule has 0 bridgehead atoms. The summed E-state index contributed by atoms with van der Waals surface area (Å²) in [6.45, 7) is 3.07. The predicted molar refractivity (Wildman–Crippen MR) is 96.3 cm³/mol. The van der Waals surface area contributed by atoms with Crippen molar-refractivity contribution in [2.75, 3.05) is 25.0 Å². The maximum absolute atomic E-state index is 13.6. The molecule has 3 rings (SSSR count). The lowest BCUT2D eigenvalue weighted by Gasteiger charge is -2.31. The van der Waals surface area contributed by atoms with Crippen molar-refractivity contribution in [3.05, 3.63) is 29.8 Å². The SMILES string of the molecule is CCOC(=O)N1CCC(NC(=O)C2CC2C(=O)Nc2ccc(F)cc2F)CC1. The van der Waals surface area contributed by atoms with Crippen molar-refractivity contribution in [3.63, 3.8) is 0 Å². The molecular formula is C19H23F2N3O4. The van der Waals surface area contributed by atoms with Crippen molar-refractivity contribution in [1.82, 2.24) is 10.2 Å². The van der Waals surface area contributed by atoms with Gasteiger partial charge in [0.05, 0.1) is 24.1 Å². The molecule has 0 radical (unpaired) electrons. The smallest absolute Gasteiger partial charge is 0.409 e. The first-order valence-corrected chi connectivity index (χ1v) is 9.37. The van der Waals surface area contributed by atoms with Crippen LogP contribution in [0.3, 0.4) is 0 Å². The third-order valence-corrected chi connectivity index (χ3v) is 5.02. The molecule has 152 valence electrons. The Balaban J connectivity index is 1.43. The van der Waals surface area contributed by atoms with Gasteiger partial charge in [0.15, 0.2) is 0 Å². The quantitative estimate of drug-likeness (QED) is 0.801. The largest absolute Gasteiger partial charge is 0.450 e. The molecule has 2 unspecified atom stereocenters. The first kappa shape index (κ1) is 20.0. The highest BCUT2D eigenvalue weighted by Crippen LogP contribution is 2.40. The van der Waals surface area contributed by atoms with E-state index in [0.717, 1.165) is 12.1 Å². The molecule has 28 heavy (non-hydrogen) atoms. The van der Waals surface area contributed by atoms with Gasteiger partial charge < -0.3 is 20.3 Å². The Morgan fingerprint density at radius 2 is 1.82 bits per heavy atom. The van der Waals surface area contributed by atoms with Crippen molar-refractivity contribution in [2.24, 2.45) is 11.8 Å². The molecule has 1 aliphatic carbocycles. The van der Waals surface area contributed by atoms with Gasteiger partial charge in [0.25, 0.3) is 0 Å². The van der Waals surface area contributed by atoms with Gasteiger partial charge in [0, 0.05) is 25.2 Å². The summed E-state index contributed by atoms with van der Waals surface area (Å²) in [5.74, 6) is -3.23. The number of ether oxygens (including phenoxy) is 1. The van der Waals surface area contributed by atoms with Crippen LogP contribution < -0.4 is 10.6 Å². The second-order valence-corrected chi connectivity index (χ2v) is 7.03. The maximum Gasteiger partial charge on any atom is 0.409 e. The highest BCUT2D eigenvalue weighted by Gasteiger charge is 2.48. The summed E-state index contributed by atoms with van der Waals surface area (Å²) < 4.78 is 31.5. The Hall–Kier alpha value is -2.71. The first-order chi connectivity index (χ1) is 13.4. The van der Waals surface area contributed by atoms with E-state index in [1.165, 1.54) is 0 Å². The van der Waals surface area contributed by atoms with Gasteiger partial charge in [-0.1, -0.05) is 0 Å². The average Bonchev–Trinajstić information content (AvgIpc) is 3.46. The molecule has 1 aromatic rings. The molecule has 3 amide bonds. The topological polar surface area (TPSA) is 87.7 Å². The van der Waals surface area contributed by atoms with Gasteiger partial charge in [-0.2, -0.15) is 0 Å². The minimum Gasteiger partial charge on any atom is -0.450 e. The molecule has 2 atom stereocenters. The molecule has 1 aromatic carbocycles. The standard InChI is InChI=1S/C19H23F2N3O4/c1-2-28-19(27)24-7-5-12(6-8-24)22-17(25)13-10-14(13)18(26)23-16-4-3-11(20)9-15(16)21/h3-4,9,12-14H,2,5-8,10H2,1H3,(H,22,25)(H,23,26). The predicted octanol–water partition coefficient (Wildman–Crippen LogP) is 2.28. The highest BCUT2D eigenvalue weighted by molar-refractivity contribution is 5.99. The van der Waals surface area contributed by atoms with Gasteiger partial charge in [0.2, 0.25) is 11.8 Å². The zero-order valence-electron chi connectivity index (χ0n) is 15.5. The Morgan fingerprint density at radius 3 is 2.46 bits per heavy atom. The van der Waals surface area contributed by atoms with Gasteiger partial charge in [-0.3, -0.25) is 9.59 Å². The number of amides is 3. The van der Waals surface area contributed by atoms with Crippen LogP contribution in [0.5, 0.6) is 0 Å². The molecule has 1 saturated carbocycles. The van der Waals surface area contributed by atoms with Crippen molar-refractivity contribution in [1.29, 1.82) is 0 Å². The Labute approximate surface area is 161 Å². The van der Waals surface area contributed by atoms with Gasteiger partial charge in [-0.15, -0.1) is 0 Å². The fraction of sp³-hybridized carbons (Fsp3) is 0.526. The number of likely N-dealkylation sites (tertiary alicyclic amines) is 1. The zero-order valence-corrected chi connectivity index (χ0v) is 15.5. The van der Waals surface area contributed by atoms with Gasteiger partial charge >= 0.3 is 6.09 Å². The third-order valence-electron chi connectivity index (χ3n) is 5.02. The van der Waals surface area contributed by atoms with Crippen LogP contribution in [0, 0.1) is 23.5 Å². The number of hydrogen-bond acceptors (Lipinski definition) is 4. The molecule has 7 nitrogen and oxygen atoms in total.